The van der Waals surface area contributed by atoms with Crippen molar-refractivity contribution in [3.05, 3.63) is 0 Å². The molecule has 0 atom stereocenters. The Kier molecular flexibility index (Phi) is 3.31. The predicted octanol–water partition coefficient (Wildman–Crippen LogP) is 1.16. The van der Waals surface area contributed by atoms with Crippen LogP contribution >= 0.6 is 20.7 Å². The molecule has 0 bridgehead atoms. The zero-order valence-corrected chi connectivity index (χ0v) is 5.56. The number of rotatable bonds is 1. The zero-order valence-electron chi connectivity index (χ0n) is 3.40. The summed E-state index contributed by atoms with van der Waals surface area (Å²) in [6.45, 7) is 0. The van der Waals surface area contributed by atoms with Gasteiger partial charge < -0.3 is 4.74 Å². The molecule has 0 amide bonds. The highest BCUT2D eigenvalue weighted by molar-refractivity contribution is 14.2. The first-order valence-electron chi connectivity index (χ1n) is 1.27. The molecule has 0 spiro atoms. The molecule has 2 nitrogen and oxygen atoms in total. The predicted molar refractivity (Wildman–Crippen MR) is 33.5 cm³/mol. The largest absolute Gasteiger partial charge is 0.462 e. The molecule has 0 heterocycles. The van der Waals surface area contributed by atoms with Gasteiger partial charge in [0, 0.05) is 0 Å². The lowest BCUT2D eigenvalue weighted by atomic mass is 11.5. The van der Waals surface area contributed by atoms with Gasteiger partial charge in [-0.2, -0.15) is 0 Å². The molecule has 0 saturated carbocycles. The molecule has 6 heavy (non-hydrogen) atoms. The molecule has 0 rings (SSSR count). The average Bonchev–Trinajstić information content (AvgIpc) is 1.65. The van der Waals surface area contributed by atoms with Crippen LogP contribution in [0.25, 0.3) is 0 Å². The van der Waals surface area contributed by atoms with Gasteiger partial charge in [0.2, 0.25) is 0 Å². The van der Waals surface area contributed by atoms with Gasteiger partial charge in [-0.3, -0.25) is 0 Å². The van der Waals surface area contributed by atoms with Gasteiger partial charge in [-0.25, -0.2) is 4.79 Å². The number of ether oxygens (including phenoxy) is 1. The van der Waals surface area contributed by atoms with Crippen molar-refractivity contribution < 1.29 is 9.53 Å². The highest BCUT2D eigenvalue weighted by Gasteiger charge is 1.83. The lowest BCUT2D eigenvalue weighted by molar-refractivity contribution is 0.204. The topological polar surface area (TPSA) is 26.3 Å². The van der Waals surface area contributed by atoms with E-state index in [4.69, 9.17) is 0 Å². The summed E-state index contributed by atoms with van der Waals surface area (Å²) in [6.07, 6.45) is 0. The van der Waals surface area contributed by atoms with Crippen molar-refractivity contribution in [3.8, 4) is 0 Å². The summed E-state index contributed by atoms with van der Waals surface area (Å²) in [5, 5.41) is 0. The summed E-state index contributed by atoms with van der Waals surface area (Å²) < 4.78 is 7.48. The van der Waals surface area contributed by atoms with Crippen LogP contribution < -0.4 is 0 Å². The third kappa shape index (κ3) is 2.32. The van der Waals surface area contributed by atoms with Crippen molar-refractivity contribution >= 4 is 29.2 Å². The first kappa shape index (κ1) is 6.07. The normalized spacial score (nSPS) is 7.50. The molecule has 0 aliphatic carbocycles. The van der Waals surface area contributed by atoms with Gasteiger partial charge in [0.1, 0.15) is 0 Å². The number of hydrogen-bond donors (Lipinski definition) is 0. The monoisotopic (exact) mass is 200 g/mol. The van der Waals surface area contributed by atoms with Crippen LogP contribution in [0.5, 0.6) is 0 Å². The van der Waals surface area contributed by atoms with E-state index in [0.717, 1.165) is 0 Å². The molecule has 0 radical (unpaired) electrons. The molecule has 0 fully saturated rings. The number of carbonyl (C=O) groups excluding carboxylic acids is 1. The molecule has 0 saturated heterocycles. The lowest BCUT2D eigenvalue weighted by Gasteiger charge is -1.82. The van der Waals surface area contributed by atoms with Crippen molar-refractivity contribution in [1.82, 2.24) is 0 Å². The molecule has 0 unspecified atom stereocenters. The summed E-state index contributed by atoms with van der Waals surface area (Å²) in [5.41, 5.74) is 0. The van der Waals surface area contributed by atoms with Crippen molar-refractivity contribution in [2.75, 3.05) is 7.11 Å². The van der Waals surface area contributed by atoms with Crippen LogP contribution in [0.3, 0.4) is 0 Å². The molecular formula is C3H5IO2. The minimum Gasteiger partial charge on any atom is -0.462 e. The second kappa shape index (κ2) is 3.27. The van der Waals surface area contributed by atoms with Crippen LogP contribution in [0.4, 0.5) is 4.79 Å². The maximum Gasteiger partial charge on any atom is 0.360 e. The van der Waals surface area contributed by atoms with E-state index < -0.39 is 20.7 Å². The quantitative estimate of drug-likeness (QED) is 0.468. The first-order chi connectivity index (χ1) is 2.81. The summed E-state index contributed by atoms with van der Waals surface area (Å²) in [6, 6.07) is 0. The van der Waals surface area contributed by atoms with E-state index in [0.29, 0.717) is 0 Å². The smallest absolute Gasteiger partial charge is 0.360 e. The maximum atomic E-state index is 9.94. The Hall–Kier alpha value is 0.0700. The van der Waals surface area contributed by atoms with E-state index in [9.17, 15) is 4.79 Å². The summed E-state index contributed by atoms with van der Waals surface area (Å²) in [7, 11) is 1.37. The van der Waals surface area contributed by atoms with Crippen molar-refractivity contribution in [2.24, 2.45) is 0 Å². The maximum absolute atomic E-state index is 9.94. The highest BCUT2D eigenvalue weighted by Crippen LogP contribution is 1.94. The van der Waals surface area contributed by atoms with E-state index in [1.54, 1.807) is 0 Å². The second-order valence-electron chi connectivity index (χ2n) is 0.575. The van der Waals surface area contributed by atoms with E-state index in [2.05, 4.69) is 9.25 Å². The fourth-order valence-corrected chi connectivity index (χ4v) is 0.366. The third-order valence-electron chi connectivity index (χ3n) is 0.270. The van der Waals surface area contributed by atoms with Crippen LogP contribution in [0.1, 0.15) is 0 Å². The molecule has 0 N–H and O–H groups in total. The molecule has 0 aromatic carbocycles. The van der Waals surface area contributed by atoms with Crippen LogP contribution in [-0.4, -0.2) is 15.6 Å². The summed E-state index contributed by atoms with van der Waals surface area (Å²) in [5.74, 6) is 0. The van der Waals surface area contributed by atoms with Gasteiger partial charge in [-0.1, -0.05) is 4.51 Å². The minimum atomic E-state index is -0.567. The Balaban J connectivity index is 3.23. The van der Waals surface area contributed by atoms with Gasteiger partial charge in [0.15, 0.2) is 0 Å². The third-order valence-corrected chi connectivity index (χ3v) is 1.33. The van der Waals surface area contributed by atoms with Gasteiger partial charge >= 0.3 is 3.98 Å². The van der Waals surface area contributed by atoms with Gasteiger partial charge in [0.25, 0.3) is 0 Å². The average molecular weight is 200 g/mol. The standard InChI is InChI=1S/C3H5IO2/c1-4-3(5)6-2/h1H2,2H3. The Labute approximate surface area is 46.2 Å². The summed E-state index contributed by atoms with van der Waals surface area (Å²) >= 11 is -0.567. The lowest BCUT2D eigenvalue weighted by Crippen LogP contribution is -1.81. The van der Waals surface area contributed by atoms with Gasteiger partial charge in [-0.05, 0) is 20.7 Å². The fraction of sp³-hybridized carbons (Fsp3) is 0.333. The van der Waals surface area contributed by atoms with E-state index in [1.807, 2.05) is 0 Å². The number of methoxy groups -OCH3 is 1. The van der Waals surface area contributed by atoms with Crippen LogP contribution in [0, 0.1) is 0 Å². The van der Waals surface area contributed by atoms with Crippen molar-refractivity contribution in [2.45, 2.75) is 0 Å². The molecule has 0 aromatic heterocycles. The molecule has 0 aromatic rings. The molecule has 0 aliphatic heterocycles. The number of halogens is 1. The second-order valence-corrected chi connectivity index (χ2v) is 2.22. The highest BCUT2D eigenvalue weighted by atomic mass is 127. The number of hydrogen-bond acceptors (Lipinski definition) is 2. The van der Waals surface area contributed by atoms with Crippen molar-refractivity contribution in [1.29, 1.82) is 0 Å². The Morgan fingerprint density at radius 3 is 2.50 bits per heavy atom. The molecule has 3 heteroatoms. The molecular weight excluding hydrogens is 195 g/mol. The zero-order chi connectivity index (χ0) is 4.99. The van der Waals surface area contributed by atoms with E-state index in [-0.39, 0.29) is 3.98 Å². The van der Waals surface area contributed by atoms with Crippen LogP contribution in [-0.2, 0) is 4.74 Å². The van der Waals surface area contributed by atoms with Gasteiger partial charge in [0.05, 0.1) is 7.11 Å². The molecule has 36 valence electrons. The van der Waals surface area contributed by atoms with Crippen molar-refractivity contribution in [3.63, 3.8) is 0 Å². The minimum absolute atomic E-state index is 0.159. The Morgan fingerprint density at radius 2 is 2.50 bits per heavy atom. The first-order valence-corrected chi connectivity index (χ1v) is 3.88. The summed E-state index contributed by atoms with van der Waals surface area (Å²) in [4.78, 5) is 9.94. The Bertz CT molecular complexity index is 69.2. The molecule has 0 aliphatic rings. The Morgan fingerprint density at radius 1 is 2.00 bits per heavy atom. The van der Waals surface area contributed by atoms with Crippen LogP contribution in [0.2, 0.25) is 0 Å². The van der Waals surface area contributed by atoms with Gasteiger partial charge in [-0.15, -0.1) is 0 Å². The number of carbonyl (C=O) groups is 1. The SMILES string of the molecule is C=IC(=O)OC. The van der Waals surface area contributed by atoms with E-state index in [1.165, 1.54) is 7.11 Å². The van der Waals surface area contributed by atoms with E-state index >= 15 is 0 Å². The fourth-order valence-electron chi connectivity index (χ4n) is 0.0546. The van der Waals surface area contributed by atoms with Crippen LogP contribution in [0.15, 0.2) is 0 Å².